The van der Waals surface area contributed by atoms with E-state index in [1.54, 1.807) is 7.11 Å². The number of unbranched alkanes of at least 4 members (excludes halogenated alkanes) is 16. The van der Waals surface area contributed by atoms with Gasteiger partial charge in [-0.05, 0) is 89.9 Å². The third-order valence-electron chi connectivity index (χ3n) is 9.19. The summed E-state index contributed by atoms with van der Waals surface area (Å²) in [6, 6.07) is -0.260. The fourth-order valence-corrected chi connectivity index (χ4v) is 5.85. The van der Waals surface area contributed by atoms with E-state index in [0.717, 1.165) is 64.2 Å². The molecule has 0 saturated carbocycles. The first-order valence-corrected chi connectivity index (χ1v) is 21.9. The molecule has 0 fully saturated rings. The van der Waals surface area contributed by atoms with E-state index in [0.29, 0.717) is 45.3 Å². The number of carbonyl (C=O) groups excluding carboxylic acids is 3. The molecule has 1 N–H and O–H groups in total. The largest absolute Gasteiger partial charge is 0.466 e. The zero-order valence-corrected chi connectivity index (χ0v) is 35.0. The van der Waals surface area contributed by atoms with Gasteiger partial charge in [-0.25, -0.2) is 4.79 Å². The van der Waals surface area contributed by atoms with Crippen molar-refractivity contribution in [2.24, 2.45) is 0 Å². The Morgan fingerprint density at radius 2 is 0.907 bits per heavy atom. The Balaban J connectivity index is 4.06. The molecule has 8 heteroatoms. The van der Waals surface area contributed by atoms with Crippen molar-refractivity contribution in [1.29, 1.82) is 0 Å². The average Bonchev–Trinajstić information content (AvgIpc) is 3.16. The minimum atomic E-state index is -0.535. The van der Waals surface area contributed by atoms with E-state index in [9.17, 15) is 14.4 Å². The molecule has 0 bridgehead atoms. The highest BCUT2D eigenvalue weighted by atomic mass is 16.6. The van der Waals surface area contributed by atoms with Crippen LogP contribution in [0.25, 0.3) is 0 Å². The summed E-state index contributed by atoms with van der Waals surface area (Å²) in [5.74, 6) is -0.379. The van der Waals surface area contributed by atoms with E-state index < -0.39 is 6.09 Å². The van der Waals surface area contributed by atoms with Gasteiger partial charge in [-0.15, -0.1) is 0 Å². The third-order valence-corrected chi connectivity index (χ3v) is 9.19. The number of methoxy groups -OCH3 is 1. The van der Waals surface area contributed by atoms with E-state index in [2.05, 4.69) is 67.8 Å². The molecule has 1 amide bonds. The Morgan fingerprint density at radius 1 is 0.463 bits per heavy atom. The normalized spacial score (nSPS) is 12.4. The second-order valence-electron chi connectivity index (χ2n) is 14.3. The zero-order valence-electron chi connectivity index (χ0n) is 35.0. The quantitative estimate of drug-likeness (QED) is 0.0288. The molecule has 1 atom stereocenters. The number of carbonyl (C=O) groups is 3. The van der Waals surface area contributed by atoms with Gasteiger partial charge in [0, 0.05) is 32.4 Å². The van der Waals surface area contributed by atoms with Gasteiger partial charge in [0.2, 0.25) is 0 Å². The lowest BCUT2D eigenvalue weighted by molar-refractivity contribution is -0.145. The fourth-order valence-electron chi connectivity index (χ4n) is 5.85. The summed E-state index contributed by atoms with van der Waals surface area (Å²) in [5, 5.41) is 2.86. The molecule has 0 aliphatic heterocycles. The molecule has 8 nitrogen and oxygen atoms in total. The highest BCUT2D eigenvalue weighted by Crippen LogP contribution is 2.12. The zero-order chi connectivity index (χ0) is 39.4. The number of esters is 2. The first-order valence-electron chi connectivity index (χ1n) is 21.9. The Labute approximate surface area is 331 Å². The van der Waals surface area contributed by atoms with Gasteiger partial charge in [-0.1, -0.05) is 127 Å². The number of amides is 1. The Bertz CT molecular complexity index is 974. The molecule has 0 radical (unpaired) electrons. The predicted octanol–water partition coefficient (Wildman–Crippen LogP) is 12.6. The van der Waals surface area contributed by atoms with Crippen molar-refractivity contribution in [1.82, 2.24) is 5.32 Å². The molecule has 0 aromatic heterocycles. The average molecular weight is 760 g/mol. The Morgan fingerprint density at radius 3 is 1.39 bits per heavy atom. The second-order valence-corrected chi connectivity index (χ2v) is 14.3. The van der Waals surface area contributed by atoms with Gasteiger partial charge in [0.15, 0.2) is 0 Å². The van der Waals surface area contributed by atoms with Gasteiger partial charge in [0.25, 0.3) is 0 Å². The summed E-state index contributed by atoms with van der Waals surface area (Å²) in [6.07, 6.45) is 45.3. The third kappa shape index (κ3) is 40.3. The first kappa shape index (κ1) is 51.1. The maximum Gasteiger partial charge on any atom is 0.407 e. The van der Waals surface area contributed by atoms with Gasteiger partial charge in [0.05, 0.1) is 19.8 Å². The molecule has 0 aromatic carbocycles. The standard InChI is InChI=1S/C46H81NO7/c1-4-6-8-10-12-14-16-18-20-22-24-26-28-30-32-36-44(48)52-39-34-35-43(47-46(50)54-42-41-51-3)38-40-53-45(49)37-33-31-29-27-25-23-21-19-17-15-13-11-9-7-5-2/h12-15,18-21,43H,4-11,16-17,22-42H2,1-3H3,(H,47,50)/b14-12-,15-13-,20-18-,21-19-. The van der Waals surface area contributed by atoms with Crippen LogP contribution in [0.2, 0.25) is 0 Å². The summed E-state index contributed by atoms with van der Waals surface area (Å²) in [6.45, 7) is 5.45. The lowest BCUT2D eigenvalue weighted by atomic mass is 10.1. The van der Waals surface area contributed by atoms with Gasteiger partial charge < -0.3 is 24.3 Å². The van der Waals surface area contributed by atoms with Crippen LogP contribution in [0.5, 0.6) is 0 Å². The van der Waals surface area contributed by atoms with Crippen LogP contribution >= 0.6 is 0 Å². The van der Waals surface area contributed by atoms with E-state index in [4.69, 9.17) is 18.9 Å². The maximum atomic E-state index is 12.3. The molecule has 312 valence electrons. The number of ether oxygens (including phenoxy) is 4. The van der Waals surface area contributed by atoms with Gasteiger partial charge in [-0.3, -0.25) is 9.59 Å². The van der Waals surface area contributed by atoms with E-state index in [1.165, 1.54) is 77.0 Å². The molecule has 0 heterocycles. The fraction of sp³-hybridized carbons (Fsp3) is 0.761. The van der Waals surface area contributed by atoms with E-state index in [1.807, 2.05) is 0 Å². The van der Waals surface area contributed by atoms with Crippen molar-refractivity contribution in [3.63, 3.8) is 0 Å². The molecule has 54 heavy (non-hydrogen) atoms. The molecule has 1 unspecified atom stereocenters. The van der Waals surface area contributed by atoms with Crippen molar-refractivity contribution < 1.29 is 33.3 Å². The van der Waals surface area contributed by atoms with Crippen molar-refractivity contribution in [3.05, 3.63) is 48.6 Å². The van der Waals surface area contributed by atoms with Crippen LogP contribution in [-0.2, 0) is 28.5 Å². The van der Waals surface area contributed by atoms with Gasteiger partial charge >= 0.3 is 18.0 Å². The van der Waals surface area contributed by atoms with Crippen molar-refractivity contribution >= 4 is 18.0 Å². The van der Waals surface area contributed by atoms with E-state index in [-0.39, 0.29) is 31.2 Å². The highest BCUT2D eigenvalue weighted by Gasteiger charge is 2.15. The first-order chi connectivity index (χ1) is 26.5. The monoisotopic (exact) mass is 760 g/mol. The number of alkyl carbamates (subject to hydrolysis) is 1. The molecular weight excluding hydrogens is 679 g/mol. The van der Waals surface area contributed by atoms with Crippen LogP contribution in [0.1, 0.15) is 187 Å². The van der Waals surface area contributed by atoms with Crippen LogP contribution in [-0.4, -0.2) is 57.6 Å². The lowest BCUT2D eigenvalue weighted by Gasteiger charge is -2.18. The maximum absolute atomic E-state index is 12.3. The number of nitrogens with one attached hydrogen (secondary N) is 1. The number of allylic oxidation sites excluding steroid dienone is 8. The Hall–Kier alpha value is -2.87. The van der Waals surface area contributed by atoms with Crippen molar-refractivity contribution in [3.8, 4) is 0 Å². The van der Waals surface area contributed by atoms with Crippen molar-refractivity contribution in [2.75, 3.05) is 33.5 Å². The molecule has 0 aromatic rings. The van der Waals surface area contributed by atoms with Crippen LogP contribution in [0.15, 0.2) is 48.6 Å². The van der Waals surface area contributed by atoms with Gasteiger partial charge in [-0.2, -0.15) is 0 Å². The summed E-state index contributed by atoms with van der Waals surface area (Å²) < 4.78 is 21.0. The highest BCUT2D eigenvalue weighted by molar-refractivity contribution is 5.69. The Kier molecular flexibility index (Phi) is 40.6. The van der Waals surface area contributed by atoms with Crippen LogP contribution in [0, 0.1) is 0 Å². The smallest absolute Gasteiger partial charge is 0.407 e. The molecule has 0 spiro atoms. The lowest BCUT2D eigenvalue weighted by Crippen LogP contribution is -2.37. The minimum Gasteiger partial charge on any atom is -0.466 e. The number of hydrogen-bond acceptors (Lipinski definition) is 7. The van der Waals surface area contributed by atoms with Crippen molar-refractivity contribution in [2.45, 2.75) is 193 Å². The predicted molar refractivity (Wildman–Crippen MR) is 225 cm³/mol. The number of rotatable bonds is 39. The SMILES string of the molecule is CCCCC/C=C\C/C=C\CCCCCCCC(=O)OCCCC(CCOC(=O)CCCCCCC/C=C\C/C=C\CCCCC)NC(=O)OCCOC. The molecule has 0 aliphatic carbocycles. The molecular formula is C46H81NO7. The van der Waals surface area contributed by atoms with Crippen LogP contribution in [0.3, 0.4) is 0 Å². The molecule has 0 saturated heterocycles. The summed E-state index contributed by atoms with van der Waals surface area (Å²) in [4.78, 5) is 36.8. The molecule has 0 rings (SSSR count). The minimum absolute atomic E-state index is 0.156. The summed E-state index contributed by atoms with van der Waals surface area (Å²) in [7, 11) is 1.55. The van der Waals surface area contributed by atoms with Crippen LogP contribution < -0.4 is 5.32 Å². The van der Waals surface area contributed by atoms with Crippen LogP contribution in [0.4, 0.5) is 4.79 Å². The van der Waals surface area contributed by atoms with E-state index >= 15 is 0 Å². The topological polar surface area (TPSA) is 100 Å². The molecule has 0 aliphatic rings. The second kappa shape index (κ2) is 42.9. The number of hydrogen-bond donors (Lipinski definition) is 1. The summed E-state index contributed by atoms with van der Waals surface area (Å²) >= 11 is 0. The van der Waals surface area contributed by atoms with Gasteiger partial charge in [0.1, 0.15) is 6.61 Å². The summed E-state index contributed by atoms with van der Waals surface area (Å²) in [5.41, 5.74) is 0.